The van der Waals surface area contributed by atoms with Crippen LogP contribution in [-0.4, -0.2) is 138 Å². The van der Waals surface area contributed by atoms with Gasteiger partial charge in [0, 0.05) is 101 Å². The van der Waals surface area contributed by atoms with E-state index in [4.69, 9.17) is 4.74 Å². The standard InChI is InChI=1S/C6H14N2.2C5H11N.C5H7N.C5H5N.3C4H4N2.C4H9NO.16C2H6/c1-7-3-5-8(2)6-4-7;4*1-2-4-6-5-3-1;1-2-6-4-3-5-1;1-2-5-4-6-3-1;1-2-4-6-5-3-1;1-3-6-4-2-5-1;16*1-2/h3-6H2,1-2H3;2*6H,1-5H2;2-6H,1H2;1-5H;3*1-4H;5H,1-4H2;16*1-2H3. The normalized spacial score (nSPS) is 11.8. The number of piperidine rings is 2. The summed E-state index contributed by atoms with van der Waals surface area (Å²) in [4.78, 5) is 23.3. The van der Waals surface area contributed by atoms with Gasteiger partial charge in [-0.1, -0.05) is 253 Å². The number of hydrogen-bond donors (Lipinski definition) is 4. The lowest BCUT2D eigenvalue weighted by molar-refractivity contribution is 0.109. The van der Waals surface area contributed by atoms with Crippen LogP contribution in [0.2, 0.25) is 0 Å². The summed E-state index contributed by atoms with van der Waals surface area (Å²) in [5, 5.41) is 19.7. The predicted octanol–water partition coefficient (Wildman–Crippen LogP) is 20.9. The van der Waals surface area contributed by atoms with Gasteiger partial charge in [0.15, 0.2) is 0 Å². The van der Waals surface area contributed by atoms with E-state index in [9.17, 15) is 0 Å². The molecule has 88 heavy (non-hydrogen) atoms. The highest BCUT2D eigenvalue weighted by Gasteiger charge is 2.07. The van der Waals surface area contributed by atoms with Gasteiger partial charge >= 0.3 is 0 Å². The zero-order valence-corrected chi connectivity index (χ0v) is 66.0. The van der Waals surface area contributed by atoms with Crippen LogP contribution in [0.1, 0.15) is 267 Å². The second-order valence-electron chi connectivity index (χ2n) is 12.5. The van der Waals surface area contributed by atoms with Crippen LogP contribution >= 0.6 is 0 Å². The van der Waals surface area contributed by atoms with Crippen LogP contribution in [0, 0.1) is 0 Å². The van der Waals surface area contributed by atoms with Crippen molar-refractivity contribution in [3.05, 3.63) is 129 Å². The average molecular weight is 1250 g/mol. The summed E-state index contributed by atoms with van der Waals surface area (Å²) in [5.41, 5.74) is 0. The molecule has 14 heteroatoms. The van der Waals surface area contributed by atoms with Crippen LogP contribution in [0.25, 0.3) is 0 Å². The lowest BCUT2D eigenvalue weighted by atomic mass is 10.2. The van der Waals surface area contributed by atoms with Crippen molar-refractivity contribution in [2.75, 3.05) is 92.8 Å². The van der Waals surface area contributed by atoms with Crippen LogP contribution in [0.4, 0.5) is 0 Å². The Morgan fingerprint density at radius 3 is 0.648 bits per heavy atom. The van der Waals surface area contributed by atoms with Crippen molar-refractivity contribution >= 4 is 0 Å². The van der Waals surface area contributed by atoms with Gasteiger partial charge in [0.2, 0.25) is 0 Å². The molecule has 0 radical (unpaired) electrons. The van der Waals surface area contributed by atoms with Crippen molar-refractivity contribution < 1.29 is 4.74 Å². The highest BCUT2D eigenvalue weighted by molar-refractivity contribution is 4.99. The third-order valence-corrected chi connectivity index (χ3v) is 7.69. The summed E-state index contributed by atoms with van der Waals surface area (Å²) in [6.07, 6.45) is 35.7. The summed E-state index contributed by atoms with van der Waals surface area (Å²) in [7, 11) is 4.35. The van der Waals surface area contributed by atoms with Crippen molar-refractivity contribution in [1.82, 2.24) is 66.2 Å². The summed E-state index contributed by atoms with van der Waals surface area (Å²) in [6, 6.07) is 11.1. The number of morpholine rings is 1. The zero-order chi connectivity index (χ0) is 71.9. The van der Waals surface area contributed by atoms with E-state index < -0.39 is 0 Å². The highest BCUT2D eigenvalue weighted by atomic mass is 16.5. The Morgan fingerprint density at radius 1 is 0.284 bits per heavy atom. The molecule has 532 valence electrons. The molecule has 14 nitrogen and oxygen atoms in total. The Hall–Kier alpha value is -4.57. The van der Waals surface area contributed by atoms with E-state index >= 15 is 0 Å². The van der Waals surface area contributed by atoms with Gasteiger partial charge in [0.1, 0.15) is 6.33 Å². The van der Waals surface area contributed by atoms with Crippen molar-refractivity contribution in [3.8, 4) is 0 Å². The molecule has 0 atom stereocenters. The Morgan fingerprint density at radius 2 is 0.545 bits per heavy atom. The molecule has 4 aromatic rings. The number of hydrogen-bond acceptors (Lipinski definition) is 14. The zero-order valence-electron chi connectivity index (χ0n) is 66.0. The molecule has 0 amide bonds. The largest absolute Gasteiger partial charge is 0.379 e. The quantitative estimate of drug-likeness (QED) is 0.132. The second kappa shape index (κ2) is 191. The van der Waals surface area contributed by atoms with Gasteiger partial charge in [-0.25, -0.2) is 9.97 Å². The van der Waals surface area contributed by atoms with Crippen LogP contribution in [0.3, 0.4) is 0 Å². The first-order valence-corrected chi connectivity index (χ1v) is 35.9. The van der Waals surface area contributed by atoms with Crippen molar-refractivity contribution in [1.29, 1.82) is 0 Å². The van der Waals surface area contributed by atoms with E-state index in [1.54, 1.807) is 68.0 Å². The summed E-state index contributed by atoms with van der Waals surface area (Å²) >= 11 is 0. The fourth-order valence-electron chi connectivity index (χ4n) is 4.50. The monoisotopic (exact) mass is 1250 g/mol. The molecule has 5 aliphatic rings. The van der Waals surface area contributed by atoms with Gasteiger partial charge in [-0.05, 0) is 115 Å². The van der Waals surface area contributed by atoms with Gasteiger partial charge in [0.05, 0.1) is 13.2 Å². The molecule has 4 aromatic heterocycles. The van der Waals surface area contributed by atoms with E-state index in [0.29, 0.717) is 0 Å². The molecule has 0 aromatic carbocycles. The lowest BCUT2D eigenvalue weighted by Gasteiger charge is -2.28. The Bertz CT molecular complexity index is 978. The van der Waals surface area contributed by atoms with Crippen LogP contribution < -0.4 is 21.3 Å². The van der Waals surface area contributed by atoms with E-state index in [1.165, 1.54) is 97.2 Å². The molecular formula is C74H165N13O. The molecule has 0 unspecified atom stereocenters. The van der Waals surface area contributed by atoms with E-state index in [0.717, 1.165) is 32.7 Å². The van der Waals surface area contributed by atoms with Gasteiger partial charge in [-0.3, -0.25) is 15.0 Å². The molecule has 9 heterocycles. The maximum Gasteiger partial charge on any atom is 0.115 e. The maximum absolute atomic E-state index is 5.01. The van der Waals surface area contributed by atoms with Gasteiger partial charge in [-0.2, -0.15) is 10.2 Å². The predicted molar refractivity (Wildman–Crippen MR) is 410 cm³/mol. The fraction of sp³-hybridized carbons (Fsp3) is 0.716. The summed E-state index contributed by atoms with van der Waals surface area (Å²) in [5.74, 6) is 0. The molecule has 4 saturated heterocycles. The molecule has 0 bridgehead atoms. The number of piperazine rings is 1. The minimum Gasteiger partial charge on any atom is -0.379 e. The number of ether oxygens (including phenoxy) is 1. The number of likely N-dealkylation sites (N-methyl/N-ethyl adjacent to an activating group) is 2. The van der Waals surface area contributed by atoms with Crippen LogP contribution in [0.15, 0.2) is 129 Å². The topological polar surface area (TPSA) is 154 Å². The summed E-state index contributed by atoms with van der Waals surface area (Å²) < 4.78 is 5.01. The lowest BCUT2D eigenvalue weighted by Crippen LogP contribution is -2.42. The summed E-state index contributed by atoms with van der Waals surface area (Å²) in [6.45, 7) is 77.8. The third kappa shape index (κ3) is 185. The molecule has 0 aliphatic carbocycles. The Labute approximate surface area is 556 Å². The van der Waals surface area contributed by atoms with Crippen LogP contribution in [-0.2, 0) is 4.74 Å². The number of dihydropyridines is 1. The number of allylic oxidation sites excluding steroid dienone is 2. The van der Waals surface area contributed by atoms with Gasteiger partial charge < -0.3 is 35.8 Å². The Balaban J connectivity index is -0.0000000448. The van der Waals surface area contributed by atoms with Crippen molar-refractivity contribution in [3.63, 3.8) is 0 Å². The van der Waals surface area contributed by atoms with Crippen molar-refractivity contribution in [2.24, 2.45) is 0 Å². The number of pyridine rings is 1. The van der Waals surface area contributed by atoms with Gasteiger partial charge in [-0.15, -0.1) is 0 Å². The molecule has 5 aliphatic heterocycles. The molecular weight excluding hydrogens is 1090 g/mol. The SMILES string of the molecule is C1=CNC=CC1.C1CCNCC1.C1CCNCC1.C1COCCN1.CC.CC.CC.CC.CC.CC.CC.CC.CC.CC.CC.CC.CC.CC.CC.CC.CN1CCN(C)CC1.c1ccncc1.c1ccnnc1.c1cnccn1.c1cncnc1. The van der Waals surface area contributed by atoms with Crippen LogP contribution in [0.5, 0.6) is 0 Å². The molecule has 0 saturated carbocycles. The highest BCUT2D eigenvalue weighted by Crippen LogP contribution is 1.97. The minimum atomic E-state index is 0.889. The van der Waals surface area contributed by atoms with E-state index in [2.05, 4.69) is 92.4 Å². The molecule has 4 N–H and O–H groups in total. The third-order valence-electron chi connectivity index (χ3n) is 7.69. The van der Waals surface area contributed by atoms with Gasteiger partial charge in [0.25, 0.3) is 0 Å². The smallest absolute Gasteiger partial charge is 0.115 e. The average Bonchev–Trinajstić information content (AvgIpc) is 3.71. The maximum atomic E-state index is 5.01. The van der Waals surface area contributed by atoms with E-state index in [-0.39, 0.29) is 0 Å². The fourth-order valence-corrected chi connectivity index (χ4v) is 4.50. The first-order chi connectivity index (χ1) is 43.8. The van der Waals surface area contributed by atoms with Crippen molar-refractivity contribution in [2.45, 2.75) is 267 Å². The number of nitrogens with zero attached hydrogens (tertiary/aromatic N) is 9. The molecule has 9 rings (SSSR count). The minimum absolute atomic E-state index is 0.889. The molecule has 4 fully saturated rings. The number of nitrogens with one attached hydrogen (secondary N) is 4. The first kappa shape index (κ1) is 125. The Kier molecular flexibility index (Phi) is 271. The number of aromatic nitrogens is 7. The van der Waals surface area contributed by atoms with E-state index in [1.807, 2.05) is 264 Å². The first-order valence-electron chi connectivity index (χ1n) is 35.9. The molecule has 0 spiro atoms. The number of rotatable bonds is 0. The second-order valence-corrected chi connectivity index (χ2v) is 12.5.